The fourth-order valence-electron chi connectivity index (χ4n) is 1.64. The molecule has 0 bridgehead atoms. The Morgan fingerprint density at radius 3 is 2.56 bits per heavy atom. The number of ether oxygens (including phenoxy) is 1. The molecule has 0 spiro atoms. The molecule has 1 aliphatic heterocycles. The minimum atomic E-state index is -4.30. The summed E-state index contributed by atoms with van der Waals surface area (Å²) in [5.74, 6) is -2.14. The van der Waals surface area contributed by atoms with Crippen LogP contribution in [0, 0.1) is 5.92 Å². The van der Waals surface area contributed by atoms with E-state index in [0.29, 0.717) is 26.3 Å². The van der Waals surface area contributed by atoms with Crippen LogP contribution in [0.4, 0.5) is 13.2 Å². The zero-order valence-electron chi connectivity index (χ0n) is 10.4. The zero-order chi connectivity index (χ0) is 13.6. The number of amides is 1. The maximum absolute atomic E-state index is 12.2. The molecular formula is C11H19F3N2O2. The van der Waals surface area contributed by atoms with Crippen molar-refractivity contribution in [2.45, 2.75) is 19.5 Å². The van der Waals surface area contributed by atoms with Crippen LogP contribution in [-0.4, -0.2) is 56.4 Å². The molecular weight excluding hydrogens is 249 g/mol. The highest BCUT2D eigenvalue weighted by Gasteiger charge is 2.36. The van der Waals surface area contributed by atoms with Crippen molar-refractivity contribution in [1.29, 1.82) is 0 Å². The number of carbonyl (C=O) groups excluding carboxylic acids is 1. The Morgan fingerprint density at radius 2 is 2.00 bits per heavy atom. The van der Waals surface area contributed by atoms with Gasteiger partial charge in [-0.25, -0.2) is 0 Å². The number of halogens is 3. The van der Waals surface area contributed by atoms with Gasteiger partial charge in [0.2, 0.25) is 5.91 Å². The van der Waals surface area contributed by atoms with Gasteiger partial charge in [0.05, 0.1) is 19.1 Å². The second-order valence-corrected chi connectivity index (χ2v) is 4.45. The van der Waals surface area contributed by atoms with Gasteiger partial charge in [0.15, 0.2) is 0 Å². The van der Waals surface area contributed by atoms with Crippen LogP contribution in [0.1, 0.15) is 13.3 Å². The van der Waals surface area contributed by atoms with Crippen LogP contribution in [-0.2, 0) is 9.53 Å². The average Bonchev–Trinajstić information content (AvgIpc) is 2.29. The summed E-state index contributed by atoms with van der Waals surface area (Å²) in [4.78, 5) is 13.4. The van der Waals surface area contributed by atoms with Crippen LogP contribution >= 0.6 is 0 Å². The number of nitrogens with zero attached hydrogens (tertiary/aromatic N) is 1. The molecule has 0 aromatic rings. The fraction of sp³-hybridized carbons (Fsp3) is 0.909. The van der Waals surface area contributed by atoms with Crippen LogP contribution in [0.15, 0.2) is 0 Å². The molecule has 1 fully saturated rings. The Bertz CT molecular complexity index is 266. The van der Waals surface area contributed by atoms with Crippen molar-refractivity contribution in [2.75, 3.05) is 39.4 Å². The molecule has 4 nitrogen and oxygen atoms in total. The Morgan fingerprint density at radius 1 is 1.39 bits per heavy atom. The van der Waals surface area contributed by atoms with Crippen molar-refractivity contribution < 1.29 is 22.7 Å². The highest BCUT2D eigenvalue weighted by Crippen LogP contribution is 2.27. The summed E-state index contributed by atoms with van der Waals surface area (Å²) in [5, 5.41) is 2.51. The summed E-state index contributed by atoms with van der Waals surface area (Å²) < 4.78 is 41.8. The maximum atomic E-state index is 12.2. The molecule has 0 aromatic heterocycles. The van der Waals surface area contributed by atoms with E-state index in [1.54, 1.807) is 0 Å². The van der Waals surface area contributed by atoms with Crippen molar-refractivity contribution in [3.05, 3.63) is 0 Å². The molecule has 0 aromatic carbocycles. The van der Waals surface area contributed by atoms with Gasteiger partial charge >= 0.3 is 6.18 Å². The lowest BCUT2D eigenvalue weighted by Crippen LogP contribution is -2.41. The van der Waals surface area contributed by atoms with E-state index in [2.05, 4.69) is 10.2 Å². The maximum Gasteiger partial charge on any atom is 0.392 e. The molecule has 7 heteroatoms. The Balaban J connectivity index is 2.13. The van der Waals surface area contributed by atoms with E-state index < -0.39 is 24.4 Å². The number of nitrogens with one attached hydrogen (secondary N) is 1. The summed E-state index contributed by atoms with van der Waals surface area (Å²) in [6.45, 7) is 4.97. The van der Waals surface area contributed by atoms with Gasteiger partial charge in [0, 0.05) is 32.6 Å². The van der Waals surface area contributed by atoms with Gasteiger partial charge in [-0.3, -0.25) is 9.69 Å². The topological polar surface area (TPSA) is 41.6 Å². The van der Waals surface area contributed by atoms with Crippen molar-refractivity contribution in [2.24, 2.45) is 5.92 Å². The fourth-order valence-corrected chi connectivity index (χ4v) is 1.64. The summed E-state index contributed by atoms with van der Waals surface area (Å²) in [6, 6.07) is 0. The molecule has 0 saturated carbocycles. The monoisotopic (exact) mass is 268 g/mol. The SMILES string of the molecule is CC(CC(=O)NCCN1CCOCC1)C(F)(F)F. The first kappa shape index (κ1) is 15.2. The van der Waals surface area contributed by atoms with Gasteiger partial charge in [-0.2, -0.15) is 13.2 Å². The van der Waals surface area contributed by atoms with E-state index in [-0.39, 0.29) is 0 Å². The smallest absolute Gasteiger partial charge is 0.379 e. The predicted molar refractivity (Wildman–Crippen MR) is 60.1 cm³/mol. The van der Waals surface area contributed by atoms with E-state index in [0.717, 1.165) is 20.0 Å². The van der Waals surface area contributed by atoms with Crippen LogP contribution in [0.5, 0.6) is 0 Å². The zero-order valence-corrected chi connectivity index (χ0v) is 10.4. The molecule has 1 N–H and O–H groups in total. The van der Waals surface area contributed by atoms with E-state index in [1.165, 1.54) is 0 Å². The second kappa shape index (κ2) is 6.94. The minimum absolute atomic E-state index is 0.378. The van der Waals surface area contributed by atoms with Crippen LogP contribution in [0.25, 0.3) is 0 Å². The third-order valence-electron chi connectivity index (χ3n) is 2.90. The quantitative estimate of drug-likeness (QED) is 0.809. The molecule has 0 aliphatic carbocycles. The van der Waals surface area contributed by atoms with Gasteiger partial charge < -0.3 is 10.1 Å². The van der Waals surface area contributed by atoms with Gasteiger partial charge in [-0.05, 0) is 0 Å². The van der Waals surface area contributed by atoms with Gasteiger partial charge in [-0.1, -0.05) is 6.92 Å². The molecule has 1 aliphatic rings. The van der Waals surface area contributed by atoms with Crippen LogP contribution in [0.2, 0.25) is 0 Å². The van der Waals surface area contributed by atoms with Crippen molar-refractivity contribution in [1.82, 2.24) is 10.2 Å². The molecule has 1 heterocycles. The molecule has 0 radical (unpaired) electrons. The number of morpholine rings is 1. The lowest BCUT2D eigenvalue weighted by molar-refractivity contribution is -0.174. The van der Waals surface area contributed by atoms with E-state index in [4.69, 9.17) is 4.74 Å². The molecule has 18 heavy (non-hydrogen) atoms. The van der Waals surface area contributed by atoms with Gasteiger partial charge in [0.1, 0.15) is 0 Å². The van der Waals surface area contributed by atoms with E-state index in [1.807, 2.05) is 0 Å². The highest BCUT2D eigenvalue weighted by atomic mass is 19.4. The van der Waals surface area contributed by atoms with E-state index in [9.17, 15) is 18.0 Å². The Labute approximate surface area is 104 Å². The van der Waals surface area contributed by atoms with Crippen LogP contribution < -0.4 is 5.32 Å². The predicted octanol–water partition coefficient (Wildman–Crippen LogP) is 1.02. The lowest BCUT2D eigenvalue weighted by Gasteiger charge is -2.26. The summed E-state index contributed by atoms with van der Waals surface area (Å²) in [7, 11) is 0. The Kier molecular flexibility index (Phi) is 5.87. The third kappa shape index (κ3) is 5.68. The normalized spacial score (nSPS) is 19.6. The van der Waals surface area contributed by atoms with Crippen molar-refractivity contribution in [3.63, 3.8) is 0 Å². The highest BCUT2D eigenvalue weighted by molar-refractivity contribution is 5.76. The Hall–Kier alpha value is -0.820. The van der Waals surface area contributed by atoms with Crippen LogP contribution in [0.3, 0.4) is 0 Å². The standard InChI is InChI=1S/C11H19F3N2O2/c1-9(11(12,13)14)8-10(17)15-2-3-16-4-6-18-7-5-16/h9H,2-8H2,1H3,(H,15,17). The number of rotatable bonds is 5. The summed E-state index contributed by atoms with van der Waals surface area (Å²) >= 11 is 0. The summed E-state index contributed by atoms with van der Waals surface area (Å²) in [6.07, 6.45) is -4.81. The van der Waals surface area contributed by atoms with Crippen molar-refractivity contribution >= 4 is 5.91 Å². The first-order valence-corrected chi connectivity index (χ1v) is 6.03. The molecule has 106 valence electrons. The van der Waals surface area contributed by atoms with E-state index >= 15 is 0 Å². The number of alkyl halides is 3. The number of carbonyl (C=O) groups is 1. The molecule has 1 saturated heterocycles. The lowest BCUT2D eigenvalue weighted by atomic mass is 10.1. The largest absolute Gasteiger partial charge is 0.392 e. The summed E-state index contributed by atoms with van der Waals surface area (Å²) in [5.41, 5.74) is 0. The third-order valence-corrected chi connectivity index (χ3v) is 2.90. The van der Waals surface area contributed by atoms with Gasteiger partial charge in [0.25, 0.3) is 0 Å². The average molecular weight is 268 g/mol. The first-order valence-electron chi connectivity index (χ1n) is 6.03. The first-order chi connectivity index (χ1) is 8.39. The molecule has 1 unspecified atom stereocenters. The second-order valence-electron chi connectivity index (χ2n) is 4.45. The number of hydrogen-bond donors (Lipinski definition) is 1. The number of hydrogen-bond acceptors (Lipinski definition) is 3. The van der Waals surface area contributed by atoms with Crippen molar-refractivity contribution in [3.8, 4) is 0 Å². The molecule has 1 amide bonds. The van der Waals surface area contributed by atoms with Gasteiger partial charge in [-0.15, -0.1) is 0 Å². The molecule has 1 atom stereocenters. The molecule has 1 rings (SSSR count). The minimum Gasteiger partial charge on any atom is -0.379 e.